The minimum absolute atomic E-state index is 0.224. The van der Waals surface area contributed by atoms with E-state index in [-0.39, 0.29) is 12.2 Å². The lowest BCUT2D eigenvalue weighted by Gasteiger charge is -2.24. The Bertz CT molecular complexity index is 1390. The molecule has 0 spiro atoms. The highest BCUT2D eigenvalue weighted by Crippen LogP contribution is 2.31. The number of allylic oxidation sites excluding steroid dienone is 1. The molecule has 0 saturated heterocycles. The molecule has 0 N–H and O–H groups in total. The molecule has 1 aromatic heterocycles. The second-order valence-corrected chi connectivity index (χ2v) is 8.51. The van der Waals surface area contributed by atoms with Crippen molar-refractivity contribution in [3.05, 3.63) is 95.6 Å². The van der Waals surface area contributed by atoms with Gasteiger partial charge in [-0.2, -0.15) is 0 Å². The van der Waals surface area contributed by atoms with Crippen molar-refractivity contribution in [1.82, 2.24) is 4.57 Å². The summed E-state index contributed by atoms with van der Waals surface area (Å²) >= 11 is 7.55. The Morgan fingerprint density at radius 2 is 1.94 bits per heavy atom. The highest BCUT2D eigenvalue weighted by Gasteiger charge is 2.33. The van der Waals surface area contributed by atoms with E-state index in [0.29, 0.717) is 31.4 Å². The number of nitrogens with zero attached hydrogens (tertiary/aromatic N) is 2. The van der Waals surface area contributed by atoms with E-state index in [2.05, 4.69) is 4.99 Å². The highest BCUT2D eigenvalue weighted by molar-refractivity contribution is 7.07. The Hall–Kier alpha value is -3.16. The molecule has 1 aliphatic heterocycles. The third-order valence-corrected chi connectivity index (χ3v) is 6.47. The number of methoxy groups -OCH3 is 1. The fraction of sp³-hybridized carbons (Fsp3) is 0.208. The highest BCUT2D eigenvalue weighted by atomic mass is 35.5. The standard InChI is InChI=1S/C24H21ClN2O4S/c1-4-31-23(29)20-14(2)26-24-27(21(20)15-9-11-17(30-3)12-10-15)22(28)19(32-24)13-16-7-5-6-8-18(16)25/h5-13,21H,4H2,1-3H3. The minimum atomic E-state index is -0.662. The number of hydrogen-bond acceptors (Lipinski definition) is 6. The Morgan fingerprint density at radius 3 is 2.59 bits per heavy atom. The third kappa shape index (κ3) is 4.01. The van der Waals surface area contributed by atoms with Gasteiger partial charge in [-0.1, -0.05) is 53.3 Å². The van der Waals surface area contributed by atoms with Crippen molar-refractivity contribution >= 4 is 35.0 Å². The van der Waals surface area contributed by atoms with Crippen LogP contribution in [0.15, 0.2) is 69.6 Å². The lowest BCUT2D eigenvalue weighted by molar-refractivity contribution is -0.139. The van der Waals surface area contributed by atoms with Gasteiger partial charge >= 0.3 is 5.97 Å². The number of fused-ring (bicyclic) bond motifs is 1. The maximum absolute atomic E-state index is 13.5. The number of carbonyl (C=O) groups excluding carboxylic acids is 1. The molecule has 2 heterocycles. The molecule has 1 atom stereocenters. The van der Waals surface area contributed by atoms with Crippen LogP contribution in [-0.2, 0) is 9.53 Å². The van der Waals surface area contributed by atoms with Crippen LogP contribution < -0.4 is 19.6 Å². The number of rotatable bonds is 5. The average molecular weight is 469 g/mol. The summed E-state index contributed by atoms with van der Waals surface area (Å²) in [6, 6.07) is 13.9. The molecule has 6 nitrogen and oxygen atoms in total. The smallest absolute Gasteiger partial charge is 0.338 e. The molecule has 164 valence electrons. The zero-order valence-corrected chi connectivity index (χ0v) is 19.4. The van der Waals surface area contributed by atoms with E-state index in [4.69, 9.17) is 21.1 Å². The van der Waals surface area contributed by atoms with Crippen LogP contribution in [-0.4, -0.2) is 24.3 Å². The van der Waals surface area contributed by atoms with Gasteiger partial charge in [-0.3, -0.25) is 9.36 Å². The summed E-state index contributed by atoms with van der Waals surface area (Å²) < 4.78 is 12.6. The molecule has 0 fully saturated rings. The molecular weight excluding hydrogens is 448 g/mol. The zero-order chi connectivity index (χ0) is 22.8. The van der Waals surface area contributed by atoms with Crippen molar-refractivity contribution in [3.8, 4) is 5.75 Å². The van der Waals surface area contributed by atoms with Crippen molar-refractivity contribution in [2.75, 3.05) is 13.7 Å². The first-order valence-corrected chi connectivity index (χ1v) is 11.2. The lowest BCUT2D eigenvalue weighted by Crippen LogP contribution is -2.39. The second kappa shape index (κ2) is 9.14. The molecule has 0 saturated carbocycles. The fourth-order valence-corrected chi connectivity index (χ4v) is 4.85. The predicted molar refractivity (Wildman–Crippen MR) is 125 cm³/mol. The van der Waals surface area contributed by atoms with Gasteiger partial charge in [0.2, 0.25) is 0 Å². The molecule has 4 rings (SSSR count). The van der Waals surface area contributed by atoms with Gasteiger partial charge in [0.15, 0.2) is 4.80 Å². The molecule has 0 bridgehead atoms. The van der Waals surface area contributed by atoms with Crippen molar-refractivity contribution in [2.45, 2.75) is 19.9 Å². The third-order valence-electron chi connectivity index (χ3n) is 5.14. The first-order valence-electron chi connectivity index (χ1n) is 10.0. The first-order chi connectivity index (χ1) is 15.4. The summed E-state index contributed by atoms with van der Waals surface area (Å²) in [6.07, 6.45) is 1.75. The monoisotopic (exact) mass is 468 g/mol. The number of thiazole rings is 1. The van der Waals surface area contributed by atoms with Crippen LogP contribution in [0.4, 0.5) is 0 Å². The Balaban J connectivity index is 1.96. The van der Waals surface area contributed by atoms with E-state index in [1.165, 1.54) is 11.3 Å². The van der Waals surface area contributed by atoms with E-state index in [1.807, 2.05) is 30.3 Å². The van der Waals surface area contributed by atoms with Gasteiger partial charge in [0.25, 0.3) is 5.56 Å². The average Bonchev–Trinajstić information content (AvgIpc) is 3.09. The number of ether oxygens (including phenoxy) is 2. The molecule has 0 aliphatic carbocycles. The van der Waals surface area contributed by atoms with E-state index in [1.54, 1.807) is 49.8 Å². The molecule has 0 amide bonds. The van der Waals surface area contributed by atoms with Gasteiger partial charge in [0.1, 0.15) is 5.75 Å². The van der Waals surface area contributed by atoms with Crippen LogP contribution in [0, 0.1) is 0 Å². The normalized spacial score (nSPS) is 15.9. The van der Waals surface area contributed by atoms with Crippen LogP contribution in [0.5, 0.6) is 5.75 Å². The molecule has 3 aromatic rings. The number of hydrogen-bond donors (Lipinski definition) is 0. The van der Waals surface area contributed by atoms with Gasteiger partial charge in [-0.25, -0.2) is 9.79 Å². The largest absolute Gasteiger partial charge is 0.497 e. The molecule has 32 heavy (non-hydrogen) atoms. The molecular formula is C24H21ClN2O4S. The fourth-order valence-electron chi connectivity index (χ4n) is 3.63. The summed E-state index contributed by atoms with van der Waals surface area (Å²) in [5.41, 5.74) is 2.11. The number of aromatic nitrogens is 1. The Kier molecular flexibility index (Phi) is 6.30. The first kappa shape index (κ1) is 22.0. The molecule has 8 heteroatoms. The summed E-state index contributed by atoms with van der Waals surface area (Å²) in [4.78, 5) is 31.5. The lowest BCUT2D eigenvalue weighted by atomic mass is 9.96. The molecule has 2 aromatic carbocycles. The van der Waals surface area contributed by atoms with Crippen molar-refractivity contribution in [2.24, 2.45) is 4.99 Å². The number of esters is 1. The van der Waals surface area contributed by atoms with Crippen molar-refractivity contribution in [1.29, 1.82) is 0 Å². The zero-order valence-electron chi connectivity index (χ0n) is 17.8. The van der Waals surface area contributed by atoms with Gasteiger partial charge in [0.05, 0.1) is 35.6 Å². The molecule has 1 unspecified atom stereocenters. The number of halogens is 1. The van der Waals surface area contributed by atoms with Crippen LogP contribution in [0.1, 0.15) is 31.0 Å². The second-order valence-electron chi connectivity index (χ2n) is 7.10. The maximum Gasteiger partial charge on any atom is 0.338 e. The quantitative estimate of drug-likeness (QED) is 0.538. The van der Waals surface area contributed by atoms with Gasteiger partial charge in [-0.05, 0) is 49.2 Å². The van der Waals surface area contributed by atoms with Crippen molar-refractivity contribution in [3.63, 3.8) is 0 Å². The molecule has 1 aliphatic rings. The van der Waals surface area contributed by atoms with Gasteiger partial charge in [-0.15, -0.1) is 0 Å². The van der Waals surface area contributed by atoms with Crippen LogP contribution in [0.3, 0.4) is 0 Å². The summed E-state index contributed by atoms with van der Waals surface area (Å²) in [6.45, 7) is 3.73. The summed E-state index contributed by atoms with van der Waals surface area (Å²) in [5.74, 6) is 0.188. The van der Waals surface area contributed by atoms with Gasteiger partial charge < -0.3 is 9.47 Å². The van der Waals surface area contributed by atoms with Crippen LogP contribution in [0.2, 0.25) is 5.02 Å². The van der Waals surface area contributed by atoms with E-state index in [0.717, 1.165) is 11.1 Å². The van der Waals surface area contributed by atoms with Crippen LogP contribution >= 0.6 is 22.9 Å². The maximum atomic E-state index is 13.5. The van der Waals surface area contributed by atoms with Crippen molar-refractivity contribution < 1.29 is 14.3 Å². The van der Waals surface area contributed by atoms with E-state index < -0.39 is 12.0 Å². The van der Waals surface area contributed by atoms with Gasteiger partial charge in [0, 0.05) is 5.02 Å². The predicted octanol–water partition coefficient (Wildman–Crippen LogP) is 3.46. The van der Waals surface area contributed by atoms with Crippen LogP contribution in [0.25, 0.3) is 6.08 Å². The summed E-state index contributed by atoms with van der Waals surface area (Å²) in [5, 5.41) is 0.549. The number of carbonyl (C=O) groups is 1. The summed E-state index contributed by atoms with van der Waals surface area (Å²) in [7, 11) is 1.58. The van der Waals surface area contributed by atoms with E-state index in [9.17, 15) is 9.59 Å². The van der Waals surface area contributed by atoms with E-state index >= 15 is 0 Å². The number of benzene rings is 2. The minimum Gasteiger partial charge on any atom is -0.497 e. The Morgan fingerprint density at radius 1 is 1.22 bits per heavy atom. The SMILES string of the molecule is CCOC(=O)C1=C(C)N=c2sc(=Cc3ccccc3Cl)c(=O)n2C1c1ccc(OC)cc1. The Labute approximate surface area is 193 Å². The molecule has 0 radical (unpaired) electrons. The topological polar surface area (TPSA) is 69.9 Å².